The Morgan fingerprint density at radius 3 is 3.11 bits per heavy atom. The summed E-state index contributed by atoms with van der Waals surface area (Å²) in [6.07, 6.45) is 3.01. The fraction of sp³-hybridized carbons (Fsp3) is 0.500. The fourth-order valence-electron chi connectivity index (χ4n) is 2.21. The average Bonchev–Trinajstić information content (AvgIpc) is 2.40. The van der Waals surface area contributed by atoms with E-state index < -0.39 is 0 Å². The molecule has 0 radical (unpaired) electrons. The number of carbonyl (C=O) groups excluding carboxylic acids is 1. The minimum absolute atomic E-state index is 0.0283. The number of thioether (sulfide) groups is 1. The molecule has 1 aliphatic heterocycles. The number of nitrogens with two attached hydrogens (primary N) is 1. The number of carbonyl (C=O) groups is 1. The van der Waals surface area contributed by atoms with Crippen LogP contribution >= 0.6 is 11.8 Å². The molecule has 1 aliphatic rings. The van der Waals surface area contributed by atoms with Crippen LogP contribution in [0.2, 0.25) is 0 Å². The molecule has 104 valence electrons. The van der Waals surface area contributed by atoms with Crippen LogP contribution in [0.5, 0.6) is 0 Å². The number of hydrogen-bond donors (Lipinski definition) is 2. The largest absolute Gasteiger partial charge is 0.349 e. The number of nitrogens with one attached hydrogen (secondary N) is 1. The number of fused-ring (bicyclic) bond motifs is 1. The SMILES string of the molecule is NCCCCC(=O)NC1CCSc2ccc(F)cc21. The minimum Gasteiger partial charge on any atom is -0.349 e. The molecule has 2 rings (SSSR count). The summed E-state index contributed by atoms with van der Waals surface area (Å²) < 4.78 is 13.3. The second-order valence-electron chi connectivity index (χ2n) is 4.69. The molecule has 1 aromatic rings. The first-order valence-electron chi connectivity index (χ1n) is 6.62. The van der Waals surface area contributed by atoms with E-state index >= 15 is 0 Å². The van der Waals surface area contributed by atoms with Crippen LogP contribution in [0.25, 0.3) is 0 Å². The zero-order valence-corrected chi connectivity index (χ0v) is 11.6. The van der Waals surface area contributed by atoms with Crippen molar-refractivity contribution in [2.75, 3.05) is 12.3 Å². The highest BCUT2D eigenvalue weighted by Gasteiger charge is 2.22. The highest BCUT2D eigenvalue weighted by molar-refractivity contribution is 7.99. The Hall–Kier alpha value is -1.07. The molecule has 0 saturated carbocycles. The lowest BCUT2D eigenvalue weighted by Gasteiger charge is -2.26. The third-order valence-electron chi connectivity index (χ3n) is 3.20. The lowest BCUT2D eigenvalue weighted by atomic mass is 10.0. The maximum Gasteiger partial charge on any atom is 0.220 e. The number of hydrogen-bond acceptors (Lipinski definition) is 3. The molecule has 0 spiro atoms. The second-order valence-corrected chi connectivity index (χ2v) is 5.82. The summed E-state index contributed by atoms with van der Waals surface area (Å²) in [6.45, 7) is 0.612. The van der Waals surface area contributed by atoms with Crippen LogP contribution in [-0.2, 0) is 4.79 Å². The first-order chi connectivity index (χ1) is 9.20. The average molecular weight is 282 g/mol. The van der Waals surface area contributed by atoms with Crippen molar-refractivity contribution in [1.29, 1.82) is 0 Å². The van der Waals surface area contributed by atoms with E-state index in [-0.39, 0.29) is 17.8 Å². The van der Waals surface area contributed by atoms with Gasteiger partial charge >= 0.3 is 0 Å². The zero-order chi connectivity index (χ0) is 13.7. The van der Waals surface area contributed by atoms with Gasteiger partial charge in [-0.2, -0.15) is 0 Å². The number of halogens is 1. The molecule has 1 unspecified atom stereocenters. The monoisotopic (exact) mass is 282 g/mol. The molecule has 3 nitrogen and oxygen atoms in total. The Morgan fingerprint density at radius 1 is 1.47 bits per heavy atom. The molecule has 1 atom stereocenters. The topological polar surface area (TPSA) is 55.1 Å². The summed E-state index contributed by atoms with van der Waals surface area (Å²) >= 11 is 1.72. The minimum atomic E-state index is -0.247. The van der Waals surface area contributed by atoms with Crippen molar-refractivity contribution in [3.05, 3.63) is 29.6 Å². The van der Waals surface area contributed by atoms with Crippen molar-refractivity contribution in [3.63, 3.8) is 0 Å². The van der Waals surface area contributed by atoms with Gasteiger partial charge < -0.3 is 11.1 Å². The first-order valence-corrected chi connectivity index (χ1v) is 7.61. The summed E-state index contributed by atoms with van der Waals surface area (Å²) in [6, 6.07) is 4.74. The van der Waals surface area contributed by atoms with Gasteiger partial charge in [0.15, 0.2) is 0 Å². The van der Waals surface area contributed by atoms with Crippen molar-refractivity contribution in [1.82, 2.24) is 5.32 Å². The number of benzene rings is 1. The molecule has 5 heteroatoms. The summed E-state index contributed by atoms with van der Waals surface area (Å²) in [5, 5.41) is 3.00. The Morgan fingerprint density at radius 2 is 2.32 bits per heavy atom. The van der Waals surface area contributed by atoms with E-state index in [4.69, 9.17) is 5.73 Å². The molecule has 0 saturated heterocycles. The van der Waals surface area contributed by atoms with E-state index in [0.29, 0.717) is 13.0 Å². The summed E-state index contributed by atoms with van der Waals surface area (Å²) in [5.41, 5.74) is 6.31. The van der Waals surface area contributed by atoms with Gasteiger partial charge in [0.1, 0.15) is 5.82 Å². The highest BCUT2D eigenvalue weighted by Crippen LogP contribution is 2.36. The fourth-order valence-corrected chi connectivity index (χ4v) is 3.32. The lowest BCUT2D eigenvalue weighted by molar-refractivity contribution is -0.122. The van der Waals surface area contributed by atoms with Gasteiger partial charge in [-0.05, 0) is 49.6 Å². The Kier molecular flexibility index (Phi) is 5.22. The lowest BCUT2D eigenvalue weighted by Crippen LogP contribution is -2.30. The normalized spacial score (nSPS) is 17.9. The van der Waals surface area contributed by atoms with Crippen molar-refractivity contribution >= 4 is 17.7 Å². The van der Waals surface area contributed by atoms with Gasteiger partial charge in [-0.3, -0.25) is 4.79 Å². The summed E-state index contributed by atoms with van der Waals surface area (Å²) in [4.78, 5) is 12.9. The third-order valence-corrected chi connectivity index (χ3v) is 4.33. The Bertz CT molecular complexity index is 453. The van der Waals surface area contributed by atoms with Gasteiger partial charge in [-0.25, -0.2) is 4.39 Å². The van der Waals surface area contributed by atoms with Crippen LogP contribution in [0.3, 0.4) is 0 Å². The third kappa shape index (κ3) is 3.94. The smallest absolute Gasteiger partial charge is 0.220 e. The molecule has 0 fully saturated rings. The van der Waals surface area contributed by atoms with Gasteiger partial charge in [0, 0.05) is 17.1 Å². The van der Waals surface area contributed by atoms with Crippen LogP contribution in [0.1, 0.15) is 37.3 Å². The van der Waals surface area contributed by atoms with E-state index in [1.807, 2.05) is 0 Å². The molecule has 1 aromatic carbocycles. The number of unbranched alkanes of at least 4 members (excludes halogenated alkanes) is 1. The molecule has 19 heavy (non-hydrogen) atoms. The first kappa shape index (κ1) is 14.3. The zero-order valence-electron chi connectivity index (χ0n) is 10.8. The van der Waals surface area contributed by atoms with Gasteiger partial charge in [-0.15, -0.1) is 11.8 Å². The van der Waals surface area contributed by atoms with Crippen LogP contribution in [0.4, 0.5) is 4.39 Å². The second kappa shape index (κ2) is 6.91. The van der Waals surface area contributed by atoms with Gasteiger partial charge in [0.25, 0.3) is 0 Å². The number of amides is 1. The van der Waals surface area contributed by atoms with E-state index in [0.717, 1.165) is 35.5 Å². The molecule has 0 aliphatic carbocycles. The van der Waals surface area contributed by atoms with E-state index in [9.17, 15) is 9.18 Å². The van der Waals surface area contributed by atoms with Crippen LogP contribution in [0, 0.1) is 5.82 Å². The molecular weight excluding hydrogens is 263 g/mol. The molecule has 0 aromatic heterocycles. The molecular formula is C14H19FN2OS. The standard InChI is InChI=1S/C14H19FN2OS/c15-10-4-5-13-11(9-10)12(6-8-19-13)17-14(18)3-1-2-7-16/h4-5,9,12H,1-3,6-8,16H2,(H,17,18). The maximum atomic E-state index is 13.3. The summed E-state index contributed by atoms with van der Waals surface area (Å²) in [5.74, 6) is 0.732. The molecule has 0 bridgehead atoms. The van der Waals surface area contributed by atoms with E-state index in [2.05, 4.69) is 5.32 Å². The summed E-state index contributed by atoms with van der Waals surface area (Å²) in [7, 11) is 0. The highest BCUT2D eigenvalue weighted by atomic mass is 32.2. The van der Waals surface area contributed by atoms with Crippen LogP contribution in [-0.4, -0.2) is 18.2 Å². The van der Waals surface area contributed by atoms with Crippen LogP contribution in [0.15, 0.2) is 23.1 Å². The van der Waals surface area contributed by atoms with Crippen molar-refractivity contribution < 1.29 is 9.18 Å². The van der Waals surface area contributed by atoms with Crippen molar-refractivity contribution in [2.24, 2.45) is 5.73 Å². The Labute approximate surface area is 117 Å². The molecule has 3 N–H and O–H groups in total. The maximum absolute atomic E-state index is 13.3. The van der Waals surface area contributed by atoms with Crippen molar-refractivity contribution in [3.8, 4) is 0 Å². The van der Waals surface area contributed by atoms with Gasteiger partial charge in [0.2, 0.25) is 5.91 Å². The number of rotatable bonds is 5. The molecule has 1 amide bonds. The van der Waals surface area contributed by atoms with Gasteiger partial charge in [-0.1, -0.05) is 0 Å². The van der Waals surface area contributed by atoms with Crippen LogP contribution < -0.4 is 11.1 Å². The molecule has 1 heterocycles. The predicted molar refractivity (Wildman–Crippen MR) is 75.5 cm³/mol. The van der Waals surface area contributed by atoms with E-state index in [1.165, 1.54) is 12.1 Å². The Balaban J connectivity index is 1.99. The van der Waals surface area contributed by atoms with E-state index in [1.54, 1.807) is 17.8 Å². The van der Waals surface area contributed by atoms with Crippen molar-refractivity contribution in [2.45, 2.75) is 36.6 Å². The van der Waals surface area contributed by atoms with Gasteiger partial charge in [0.05, 0.1) is 6.04 Å². The quantitative estimate of drug-likeness (QED) is 0.816. The predicted octanol–water partition coefficient (Wildman–Crippen LogP) is 2.61.